The first kappa shape index (κ1) is 12.6. The summed E-state index contributed by atoms with van der Waals surface area (Å²) in [7, 11) is 0. The molecule has 19 heavy (non-hydrogen) atoms. The summed E-state index contributed by atoms with van der Waals surface area (Å²) in [5, 5.41) is 18.3. The maximum atomic E-state index is 11.4. The van der Waals surface area contributed by atoms with Crippen LogP contribution in [0.2, 0.25) is 0 Å². The molecule has 0 spiro atoms. The van der Waals surface area contributed by atoms with E-state index in [2.05, 4.69) is 26.8 Å². The number of aliphatic hydroxyl groups excluding tert-OH is 1. The molecule has 3 heterocycles. The van der Waals surface area contributed by atoms with Crippen LogP contribution in [0.5, 0.6) is 0 Å². The second-order valence-electron chi connectivity index (χ2n) is 4.02. The third-order valence-electron chi connectivity index (χ3n) is 2.58. The first-order chi connectivity index (χ1) is 9.26. The molecular formula is C11H14IN5O2. The number of carbonyl (C=O) groups is 1. The fourth-order valence-electron chi connectivity index (χ4n) is 1.62. The first-order valence-corrected chi connectivity index (χ1v) is 10.0. The normalized spacial score (nSPS) is 15.5. The van der Waals surface area contributed by atoms with Gasteiger partial charge in [0.1, 0.15) is 0 Å². The molecule has 2 aromatic rings. The molecule has 7 nitrogen and oxygen atoms in total. The van der Waals surface area contributed by atoms with Gasteiger partial charge in [-0.05, 0) is 0 Å². The van der Waals surface area contributed by atoms with Crippen molar-refractivity contribution < 1.29 is 9.90 Å². The minimum absolute atomic E-state index is 0.0872. The fraction of sp³-hybridized carbons (Fsp3) is 0.364. The van der Waals surface area contributed by atoms with Crippen molar-refractivity contribution in [2.45, 2.75) is 0 Å². The Morgan fingerprint density at radius 2 is 2.32 bits per heavy atom. The average Bonchev–Trinajstić information content (AvgIpc) is 3.17. The number of nitrogens with one attached hydrogen (secondary N) is 2. The van der Waals surface area contributed by atoms with Crippen LogP contribution in [0.1, 0.15) is 0 Å². The molecule has 1 fully saturated rings. The van der Waals surface area contributed by atoms with E-state index >= 15 is 0 Å². The molecule has 0 aromatic carbocycles. The number of urea groups is 1. The topological polar surface area (TPSA) is 91.5 Å². The summed E-state index contributed by atoms with van der Waals surface area (Å²) in [4.78, 5) is 15.7. The van der Waals surface area contributed by atoms with Gasteiger partial charge in [-0.1, -0.05) is 0 Å². The predicted molar refractivity (Wildman–Crippen MR) is 79.5 cm³/mol. The number of nitrogens with zero attached hydrogens (tertiary/aromatic N) is 3. The van der Waals surface area contributed by atoms with Crippen molar-refractivity contribution in [2.24, 2.45) is 0 Å². The number of aromatic nitrogens is 3. The molecule has 2 amide bonds. The van der Waals surface area contributed by atoms with Crippen molar-refractivity contribution in [1.82, 2.24) is 19.9 Å². The van der Waals surface area contributed by atoms with Crippen LogP contribution in [0.15, 0.2) is 18.3 Å². The second-order valence-corrected chi connectivity index (χ2v) is 9.89. The van der Waals surface area contributed by atoms with Crippen LogP contribution in [0.4, 0.5) is 10.6 Å². The molecule has 0 unspecified atom stereocenters. The number of aliphatic hydroxyl groups is 1. The van der Waals surface area contributed by atoms with E-state index in [1.807, 2.05) is 6.07 Å². The molecule has 1 aliphatic heterocycles. The number of fused-ring (bicyclic) bond motifs is 1. The SMILES string of the molecule is O=C(NCCO)Nc1cn2nc(I3CC3)ccc2n1. The van der Waals surface area contributed by atoms with E-state index < -0.39 is 19.8 Å². The molecule has 2 aromatic heterocycles. The van der Waals surface area contributed by atoms with E-state index in [1.54, 1.807) is 10.7 Å². The van der Waals surface area contributed by atoms with Gasteiger partial charge in [0.2, 0.25) is 0 Å². The van der Waals surface area contributed by atoms with Crippen molar-refractivity contribution >= 4 is 37.3 Å². The van der Waals surface area contributed by atoms with Gasteiger partial charge in [-0.2, -0.15) is 0 Å². The van der Waals surface area contributed by atoms with Crippen LogP contribution < -0.4 is 10.6 Å². The van der Waals surface area contributed by atoms with Gasteiger partial charge in [-0.15, -0.1) is 0 Å². The molecular weight excluding hydrogens is 361 g/mol. The van der Waals surface area contributed by atoms with Gasteiger partial charge < -0.3 is 0 Å². The molecule has 102 valence electrons. The molecule has 0 aliphatic carbocycles. The number of hydrogen-bond acceptors (Lipinski definition) is 4. The number of carbonyl (C=O) groups excluding carboxylic acids is 1. The summed E-state index contributed by atoms with van der Waals surface area (Å²) >= 11 is -0.873. The Bertz CT molecular complexity index is 610. The van der Waals surface area contributed by atoms with Crippen LogP contribution in [0.25, 0.3) is 5.65 Å². The molecule has 1 aliphatic rings. The summed E-state index contributed by atoms with van der Waals surface area (Å²) < 4.78 is 5.65. The van der Waals surface area contributed by atoms with Gasteiger partial charge >= 0.3 is 116 Å². The molecule has 8 heteroatoms. The molecule has 1 saturated heterocycles. The van der Waals surface area contributed by atoms with Crippen molar-refractivity contribution in [2.75, 3.05) is 27.3 Å². The van der Waals surface area contributed by atoms with Gasteiger partial charge in [0.05, 0.1) is 0 Å². The van der Waals surface area contributed by atoms with Crippen LogP contribution in [0.3, 0.4) is 0 Å². The number of alkyl halides is 2. The number of halogens is 1. The number of anilines is 1. The summed E-state index contributed by atoms with van der Waals surface area (Å²) in [6.07, 6.45) is 1.71. The fourth-order valence-corrected chi connectivity index (χ4v) is 5.52. The minimum atomic E-state index is -0.873. The standard InChI is InChI=1S/C11H14IN5O2/c18-6-5-13-11(19)15-9-7-17-10(14-9)2-1-8(16-17)12-3-4-12/h1-2,7,18H,3-6H2,(H2,13,15,19). The van der Waals surface area contributed by atoms with E-state index in [-0.39, 0.29) is 19.2 Å². The quantitative estimate of drug-likeness (QED) is 0.537. The Labute approximate surface area is 116 Å². The van der Waals surface area contributed by atoms with E-state index in [0.29, 0.717) is 5.82 Å². The van der Waals surface area contributed by atoms with Gasteiger partial charge in [0, 0.05) is 0 Å². The van der Waals surface area contributed by atoms with Crippen molar-refractivity contribution in [1.29, 1.82) is 0 Å². The van der Waals surface area contributed by atoms with Gasteiger partial charge in [0.15, 0.2) is 0 Å². The molecule has 3 rings (SSSR count). The van der Waals surface area contributed by atoms with Crippen molar-refractivity contribution in [3.63, 3.8) is 0 Å². The average molecular weight is 375 g/mol. The Balaban J connectivity index is 1.75. The van der Waals surface area contributed by atoms with Gasteiger partial charge in [-0.3, -0.25) is 0 Å². The molecule has 0 radical (unpaired) electrons. The predicted octanol–water partition coefficient (Wildman–Crippen LogP) is 0.533. The summed E-state index contributed by atoms with van der Waals surface area (Å²) in [6.45, 7) is 0.131. The zero-order valence-electron chi connectivity index (χ0n) is 10.1. The third-order valence-corrected chi connectivity index (χ3v) is 6.87. The summed E-state index contributed by atoms with van der Waals surface area (Å²) in [6, 6.07) is 3.61. The van der Waals surface area contributed by atoms with Crippen LogP contribution in [-0.4, -0.2) is 47.7 Å². The molecule has 0 saturated carbocycles. The van der Waals surface area contributed by atoms with Gasteiger partial charge in [0.25, 0.3) is 0 Å². The Kier molecular flexibility index (Phi) is 3.51. The molecule has 0 atom stereocenters. The zero-order valence-corrected chi connectivity index (χ0v) is 12.3. The zero-order chi connectivity index (χ0) is 13.2. The van der Waals surface area contributed by atoms with E-state index in [0.717, 1.165) is 5.65 Å². The second kappa shape index (κ2) is 5.29. The van der Waals surface area contributed by atoms with Crippen LogP contribution >= 0.6 is 19.8 Å². The Morgan fingerprint density at radius 1 is 1.47 bits per heavy atom. The number of imidazole rings is 1. The van der Waals surface area contributed by atoms with Gasteiger partial charge in [-0.25, -0.2) is 0 Å². The number of amides is 2. The Hall–Kier alpha value is -1.42. The van der Waals surface area contributed by atoms with Crippen molar-refractivity contribution in [3.8, 4) is 0 Å². The molecule has 0 bridgehead atoms. The molecule has 3 N–H and O–H groups in total. The number of rotatable bonds is 4. The first-order valence-electron chi connectivity index (χ1n) is 5.90. The van der Waals surface area contributed by atoms with Crippen molar-refractivity contribution in [3.05, 3.63) is 22.0 Å². The Morgan fingerprint density at radius 3 is 3.05 bits per heavy atom. The summed E-state index contributed by atoms with van der Waals surface area (Å²) in [5.74, 6) is 0.458. The van der Waals surface area contributed by atoms with E-state index in [9.17, 15) is 4.79 Å². The summed E-state index contributed by atoms with van der Waals surface area (Å²) in [5.41, 5.74) is 0.721. The van der Waals surface area contributed by atoms with Crippen LogP contribution in [0, 0.1) is 3.70 Å². The third kappa shape index (κ3) is 2.95. The van der Waals surface area contributed by atoms with Crippen LogP contribution in [-0.2, 0) is 0 Å². The maximum absolute atomic E-state index is 11.4. The van der Waals surface area contributed by atoms with E-state index in [1.165, 1.54) is 12.6 Å². The number of hydrogen-bond donors (Lipinski definition) is 3. The monoisotopic (exact) mass is 375 g/mol. The van der Waals surface area contributed by atoms with E-state index in [4.69, 9.17) is 5.11 Å².